The Morgan fingerprint density at radius 1 is 1.44 bits per heavy atom. The normalized spacial score (nSPS) is 14.8. The number of aliphatic carboxylic acids is 1. The fourth-order valence-electron chi connectivity index (χ4n) is 1.06. The standard InChI is InChI=1S/C9H17NO6S2/c1-6(9(13)16-2)18(14,15)10-7(8(11)12)4-5-17-3/h6-7,10H,4-5H2,1-3H3,(H,11,12)/t6?,7-/m0/s1. The SMILES string of the molecule is COC(=O)C(C)S(=O)(=O)N[C@@H](CCSC)C(=O)O. The number of thioether (sulfide) groups is 1. The molecule has 0 aromatic rings. The van der Waals surface area contributed by atoms with E-state index in [1.807, 2.05) is 4.72 Å². The van der Waals surface area contributed by atoms with Gasteiger partial charge >= 0.3 is 11.9 Å². The van der Waals surface area contributed by atoms with E-state index in [4.69, 9.17) is 5.11 Å². The lowest BCUT2D eigenvalue weighted by atomic mass is 10.2. The summed E-state index contributed by atoms with van der Waals surface area (Å²) in [6.07, 6.45) is 1.92. The molecule has 1 unspecified atom stereocenters. The van der Waals surface area contributed by atoms with Gasteiger partial charge in [0.15, 0.2) is 5.25 Å². The summed E-state index contributed by atoms with van der Waals surface area (Å²) < 4.78 is 29.8. The Bertz CT molecular complexity index is 394. The van der Waals surface area contributed by atoms with E-state index in [9.17, 15) is 18.0 Å². The second kappa shape index (κ2) is 7.59. The third-order valence-electron chi connectivity index (χ3n) is 2.21. The molecule has 0 fully saturated rings. The van der Waals surface area contributed by atoms with Gasteiger partial charge in [0.1, 0.15) is 6.04 Å². The van der Waals surface area contributed by atoms with Crippen LogP contribution in [0.4, 0.5) is 0 Å². The van der Waals surface area contributed by atoms with Gasteiger partial charge in [0.05, 0.1) is 7.11 Å². The highest BCUT2D eigenvalue weighted by Gasteiger charge is 2.32. The van der Waals surface area contributed by atoms with Gasteiger partial charge in [-0.1, -0.05) is 0 Å². The van der Waals surface area contributed by atoms with Crippen LogP contribution in [0.15, 0.2) is 0 Å². The van der Waals surface area contributed by atoms with Crippen LogP contribution in [0.5, 0.6) is 0 Å². The van der Waals surface area contributed by atoms with Crippen LogP contribution in [0.1, 0.15) is 13.3 Å². The third kappa shape index (κ3) is 5.23. The van der Waals surface area contributed by atoms with Crippen LogP contribution in [0.25, 0.3) is 0 Å². The van der Waals surface area contributed by atoms with Gasteiger partial charge in [-0.15, -0.1) is 0 Å². The van der Waals surface area contributed by atoms with Crippen molar-refractivity contribution in [3.63, 3.8) is 0 Å². The predicted octanol–water partition coefficient (Wildman–Crippen LogP) is -0.326. The average molecular weight is 299 g/mol. The molecule has 0 heterocycles. The van der Waals surface area contributed by atoms with Gasteiger partial charge < -0.3 is 9.84 Å². The summed E-state index contributed by atoms with van der Waals surface area (Å²) in [6.45, 7) is 1.14. The van der Waals surface area contributed by atoms with Crippen LogP contribution < -0.4 is 4.72 Å². The maximum absolute atomic E-state index is 11.7. The molecule has 0 radical (unpaired) electrons. The number of ether oxygens (including phenoxy) is 1. The zero-order valence-corrected chi connectivity index (χ0v) is 12.0. The molecular formula is C9H17NO6S2. The summed E-state index contributed by atoms with van der Waals surface area (Å²) in [5.41, 5.74) is 0. The lowest BCUT2D eigenvalue weighted by Crippen LogP contribution is -2.47. The van der Waals surface area contributed by atoms with E-state index in [1.54, 1.807) is 6.26 Å². The van der Waals surface area contributed by atoms with E-state index >= 15 is 0 Å². The quantitative estimate of drug-likeness (QED) is 0.591. The zero-order chi connectivity index (χ0) is 14.3. The molecule has 18 heavy (non-hydrogen) atoms. The summed E-state index contributed by atoms with van der Waals surface area (Å²) >= 11 is 1.40. The maximum Gasteiger partial charge on any atom is 0.325 e. The number of carbonyl (C=O) groups excluding carboxylic acids is 1. The Morgan fingerprint density at radius 3 is 2.39 bits per heavy atom. The maximum atomic E-state index is 11.7. The van der Waals surface area contributed by atoms with Gasteiger partial charge in [0.2, 0.25) is 10.0 Å². The van der Waals surface area contributed by atoms with Gasteiger partial charge in [0, 0.05) is 0 Å². The highest BCUT2D eigenvalue weighted by Crippen LogP contribution is 2.06. The second-order valence-corrected chi connectivity index (χ2v) is 6.52. The lowest BCUT2D eigenvalue weighted by Gasteiger charge is -2.17. The average Bonchev–Trinajstić information content (AvgIpc) is 2.31. The highest BCUT2D eigenvalue weighted by molar-refractivity contribution is 7.98. The number of rotatable bonds is 8. The van der Waals surface area contributed by atoms with Crippen molar-refractivity contribution in [1.29, 1.82) is 0 Å². The van der Waals surface area contributed by atoms with E-state index in [0.717, 1.165) is 14.0 Å². The molecule has 0 rings (SSSR count). The number of carboxylic acid groups (broad SMARTS) is 1. The van der Waals surface area contributed by atoms with Gasteiger partial charge in [-0.05, 0) is 25.4 Å². The number of methoxy groups -OCH3 is 1. The van der Waals surface area contributed by atoms with Crippen LogP contribution in [-0.2, 0) is 24.3 Å². The van der Waals surface area contributed by atoms with Crippen molar-refractivity contribution in [3.05, 3.63) is 0 Å². The summed E-state index contributed by atoms with van der Waals surface area (Å²) in [5, 5.41) is 7.44. The van der Waals surface area contributed by atoms with Crippen molar-refractivity contribution in [1.82, 2.24) is 4.72 Å². The zero-order valence-electron chi connectivity index (χ0n) is 10.4. The number of esters is 1. The molecule has 7 nitrogen and oxygen atoms in total. The van der Waals surface area contributed by atoms with Crippen molar-refractivity contribution < 1.29 is 27.9 Å². The molecule has 0 aliphatic rings. The van der Waals surface area contributed by atoms with Crippen LogP contribution in [0.3, 0.4) is 0 Å². The number of carbonyl (C=O) groups is 2. The van der Waals surface area contributed by atoms with Gasteiger partial charge in [0.25, 0.3) is 0 Å². The largest absolute Gasteiger partial charge is 0.480 e. The summed E-state index contributed by atoms with van der Waals surface area (Å²) in [7, 11) is -2.99. The Morgan fingerprint density at radius 2 is 2.00 bits per heavy atom. The van der Waals surface area contributed by atoms with Crippen molar-refractivity contribution in [2.75, 3.05) is 19.1 Å². The number of nitrogens with one attached hydrogen (secondary N) is 1. The molecule has 0 aliphatic carbocycles. The number of sulfonamides is 1. The predicted molar refractivity (Wildman–Crippen MR) is 68.0 cm³/mol. The van der Waals surface area contributed by atoms with Crippen LogP contribution in [0.2, 0.25) is 0 Å². The van der Waals surface area contributed by atoms with Crippen molar-refractivity contribution in [2.24, 2.45) is 0 Å². The molecule has 9 heteroatoms. The monoisotopic (exact) mass is 299 g/mol. The van der Waals surface area contributed by atoms with Crippen molar-refractivity contribution in [3.8, 4) is 0 Å². The first-order valence-corrected chi connectivity index (χ1v) is 8.01. The molecule has 0 aliphatic heterocycles. The minimum Gasteiger partial charge on any atom is -0.480 e. The van der Waals surface area contributed by atoms with Crippen molar-refractivity contribution >= 4 is 33.7 Å². The second-order valence-electron chi connectivity index (χ2n) is 3.50. The minimum atomic E-state index is -4.06. The molecular weight excluding hydrogens is 282 g/mol. The van der Waals surface area contributed by atoms with Gasteiger partial charge in [-0.25, -0.2) is 13.1 Å². The number of hydrogen-bond donors (Lipinski definition) is 2. The third-order valence-corrected chi connectivity index (χ3v) is 4.59. The smallest absolute Gasteiger partial charge is 0.325 e. The van der Waals surface area contributed by atoms with Crippen LogP contribution in [0, 0.1) is 0 Å². The van der Waals surface area contributed by atoms with Crippen LogP contribution >= 0.6 is 11.8 Å². The first-order chi connectivity index (χ1) is 8.26. The summed E-state index contributed by atoms with van der Waals surface area (Å²) in [5.74, 6) is -1.72. The Balaban J connectivity index is 4.80. The Hall–Kier alpha value is -0.800. The van der Waals surface area contributed by atoms with Gasteiger partial charge in [-0.3, -0.25) is 9.59 Å². The van der Waals surface area contributed by atoms with Gasteiger partial charge in [-0.2, -0.15) is 11.8 Å². The van der Waals surface area contributed by atoms with E-state index in [2.05, 4.69) is 4.74 Å². The lowest BCUT2D eigenvalue weighted by molar-refractivity contribution is -0.140. The molecule has 0 saturated heterocycles. The Kier molecular flexibility index (Phi) is 7.26. The molecule has 2 atom stereocenters. The van der Waals surface area contributed by atoms with E-state index in [-0.39, 0.29) is 6.42 Å². The van der Waals surface area contributed by atoms with Crippen LogP contribution in [-0.4, -0.2) is 55.9 Å². The van der Waals surface area contributed by atoms with E-state index in [0.29, 0.717) is 5.75 Å². The number of carboxylic acids is 1. The summed E-state index contributed by atoms with van der Waals surface area (Å²) in [6, 6.07) is -1.24. The fraction of sp³-hybridized carbons (Fsp3) is 0.778. The highest BCUT2D eigenvalue weighted by atomic mass is 32.2. The number of hydrogen-bond acceptors (Lipinski definition) is 6. The first-order valence-electron chi connectivity index (χ1n) is 5.07. The summed E-state index contributed by atoms with van der Waals surface area (Å²) in [4.78, 5) is 22.0. The molecule has 2 N–H and O–H groups in total. The van der Waals surface area contributed by atoms with E-state index in [1.165, 1.54) is 11.8 Å². The molecule has 106 valence electrons. The first kappa shape index (κ1) is 17.2. The minimum absolute atomic E-state index is 0.142. The molecule has 0 saturated carbocycles. The van der Waals surface area contributed by atoms with Crippen molar-refractivity contribution in [2.45, 2.75) is 24.6 Å². The fourth-order valence-corrected chi connectivity index (χ4v) is 2.70. The van der Waals surface area contributed by atoms with E-state index < -0.39 is 33.3 Å². The molecule has 0 aromatic heterocycles. The molecule has 0 aromatic carbocycles. The topological polar surface area (TPSA) is 110 Å². The molecule has 0 spiro atoms. The Labute approximate surface area is 110 Å². The molecule has 0 amide bonds. The molecule has 0 bridgehead atoms.